The summed E-state index contributed by atoms with van der Waals surface area (Å²) < 4.78 is 0. The van der Waals surface area contributed by atoms with Crippen LogP contribution in [-0.4, -0.2) is 29.0 Å². The van der Waals surface area contributed by atoms with Gasteiger partial charge in [-0.2, -0.15) is 0 Å². The molecule has 1 aromatic heterocycles. The minimum Gasteiger partial charge on any atom is -0.385 e. The fourth-order valence-electron chi connectivity index (χ4n) is 3.03. The molecule has 0 radical (unpaired) electrons. The van der Waals surface area contributed by atoms with E-state index in [4.69, 9.17) is 0 Å². The quantitative estimate of drug-likeness (QED) is 0.847. The lowest BCUT2D eigenvalue weighted by Crippen LogP contribution is -2.36. The van der Waals surface area contributed by atoms with Gasteiger partial charge in [0.2, 0.25) is 0 Å². The summed E-state index contributed by atoms with van der Waals surface area (Å²) in [6, 6.07) is 5.00. The standard InChI is InChI=1S/C16H27N3/c1-3-17-14-10-11-18-15(12-14)13-19(4-2)16-8-6-5-7-9-16/h10-12,16H,3-9,13H2,1-2H3,(H,17,18). The third-order valence-electron chi connectivity index (χ3n) is 4.06. The molecule has 0 spiro atoms. The third kappa shape index (κ3) is 4.20. The lowest BCUT2D eigenvalue weighted by atomic mass is 9.94. The van der Waals surface area contributed by atoms with E-state index in [0.29, 0.717) is 0 Å². The van der Waals surface area contributed by atoms with Crippen molar-refractivity contribution in [3.8, 4) is 0 Å². The molecular formula is C16H27N3. The molecule has 2 rings (SSSR count). The number of hydrogen-bond donors (Lipinski definition) is 1. The second kappa shape index (κ2) is 7.49. The zero-order valence-electron chi connectivity index (χ0n) is 12.4. The molecule has 0 atom stereocenters. The Hall–Kier alpha value is -1.09. The van der Waals surface area contributed by atoms with Gasteiger partial charge >= 0.3 is 0 Å². The maximum absolute atomic E-state index is 4.52. The summed E-state index contributed by atoms with van der Waals surface area (Å²) in [5, 5.41) is 3.36. The Morgan fingerprint density at radius 1 is 1.26 bits per heavy atom. The topological polar surface area (TPSA) is 28.2 Å². The van der Waals surface area contributed by atoms with Gasteiger partial charge < -0.3 is 5.32 Å². The highest BCUT2D eigenvalue weighted by Gasteiger charge is 2.20. The highest BCUT2D eigenvalue weighted by atomic mass is 15.2. The van der Waals surface area contributed by atoms with Gasteiger partial charge in [0.1, 0.15) is 0 Å². The molecule has 1 fully saturated rings. The van der Waals surface area contributed by atoms with Crippen molar-refractivity contribution in [2.75, 3.05) is 18.4 Å². The van der Waals surface area contributed by atoms with Crippen LogP contribution in [0.4, 0.5) is 5.69 Å². The maximum Gasteiger partial charge on any atom is 0.0564 e. The van der Waals surface area contributed by atoms with Gasteiger partial charge in [-0.15, -0.1) is 0 Å². The van der Waals surface area contributed by atoms with Crippen LogP contribution in [0.15, 0.2) is 18.3 Å². The molecular weight excluding hydrogens is 234 g/mol. The Kier molecular flexibility index (Phi) is 5.64. The zero-order valence-corrected chi connectivity index (χ0v) is 12.4. The normalized spacial score (nSPS) is 16.8. The van der Waals surface area contributed by atoms with Crippen molar-refractivity contribution in [3.05, 3.63) is 24.0 Å². The molecule has 1 heterocycles. The van der Waals surface area contributed by atoms with Crippen LogP contribution in [0.1, 0.15) is 51.6 Å². The van der Waals surface area contributed by atoms with Crippen LogP contribution in [0.25, 0.3) is 0 Å². The largest absolute Gasteiger partial charge is 0.385 e. The van der Waals surface area contributed by atoms with Gasteiger partial charge in [0.05, 0.1) is 5.69 Å². The average Bonchev–Trinajstić information content (AvgIpc) is 2.46. The zero-order chi connectivity index (χ0) is 13.5. The molecule has 0 saturated heterocycles. The molecule has 1 aliphatic carbocycles. The Bertz CT molecular complexity index is 372. The molecule has 1 saturated carbocycles. The molecule has 0 aliphatic heterocycles. The predicted octanol–water partition coefficient (Wildman–Crippen LogP) is 3.67. The first kappa shape index (κ1) is 14.3. The fraction of sp³-hybridized carbons (Fsp3) is 0.688. The van der Waals surface area contributed by atoms with Crippen LogP contribution in [0.3, 0.4) is 0 Å². The van der Waals surface area contributed by atoms with Crippen LogP contribution in [0, 0.1) is 0 Å². The summed E-state index contributed by atoms with van der Waals surface area (Å²) in [6.45, 7) is 7.46. The maximum atomic E-state index is 4.52. The van der Waals surface area contributed by atoms with Gasteiger partial charge in [-0.3, -0.25) is 9.88 Å². The SMILES string of the molecule is CCNc1ccnc(CN(CC)C2CCCCC2)c1. The van der Waals surface area contributed by atoms with Crippen LogP contribution in [0.5, 0.6) is 0 Å². The molecule has 3 heteroatoms. The van der Waals surface area contributed by atoms with Crippen LogP contribution >= 0.6 is 0 Å². The Balaban J connectivity index is 1.98. The lowest BCUT2D eigenvalue weighted by molar-refractivity contribution is 0.154. The Morgan fingerprint density at radius 2 is 2.05 bits per heavy atom. The molecule has 0 unspecified atom stereocenters. The monoisotopic (exact) mass is 261 g/mol. The van der Waals surface area contributed by atoms with Gasteiger partial charge in [0.25, 0.3) is 0 Å². The van der Waals surface area contributed by atoms with Crippen molar-refractivity contribution in [3.63, 3.8) is 0 Å². The van der Waals surface area contributed by atoms with Gasteiger partial charge in [0.15, 0.2) is 0 Å². The minimum atomic E-state index is 0.767. The summed E-state index contributed by atoms with van der Waals surface area (Å²) in [4.78, 5) is 7.12. The molecule has 1 aromatic rings. The van der Waals surface area contributed by atoms with Crippen molar-refractivity contribution in [2.45, 2.75) is 58.5 Å². The molecule has 0 aromatic carbocycles. The van der Waals surface area contributed by atoms with E-state index in [1.807, 2.05) is 12.3 Å². The van der Waals surface area contributed by atoms with Gasteiger partial charge in [-0.1, -0.05) is 26.2 Å². The van der Waals surface area contributed by atoms with Crippen molar-refractivity contribution in [2.24, 2.45) is 0 Å². The highest BCUT2D eigenvalue weighted by molar-refractivity contribution is 5.42. The Morgan fingerprint density at radius 3 is 2.74 bits per heavy atom. The second-order valence-corrected chi connectivity index (χ2v) is 5.42. The fourth-order valence-corrected chi connectivity index (χ4v) is 3.03. The summed E-state index contributed by atoms with van der Waals surface area (Å²) in [5.74, 6) is 0. The first-order valence-corrected chi connectivity index (χ1v) is 7.76. The summed E-state index contributed by atoms with van der Waals surface area (Å²) in [7, 11) is 0. The van der Waals surface area contributed by atoms with E-state index in [9.17, 15) is 0 Å². The number of aromatic nitrogens is 1. The third-order valence-corrected chi connectivity index (χ3v) is 4.06. The average molecular weight is 261 g/mol. The van der Waals surface area contributed by atoms with Gasteiger partial charge in [-0.05, 0) is 38.4 Å². The number of nitrogens with zero attached hydrogens (tertiary/aromatic N) is 2. The van der Waals surface area contributed by atoms with Crippen molar-refractivity contribution in [1.29, 1.82) is 0 Å². The van der Waals surface area contributed by atoms with Gasteiger partial charge in [0, 0.05) is 31.0 Å². The van der Waals surface area contributed by atoms with E-state index < -0.39 is 0 Å². The van der Waals surface area contributed by atoms with E-state index in [1.165, 1.54) is 43.5 Å². The van der Waals surface area contributed by atoms with Crippen molar-refractivity contribution < 1.29 is 0 Å². The summed E-state index contributed by atoms with van der Waals surface area (Å²) in [6.07, 6.45) is 8.85. The molecule has 1 aliphatic rings. The smallest absolute Gasteiger partial charge is 0.0564 e. The van der Waals surface area contributed by atoms with Crippen molar-refractivity contribution in [1.82, 2.24) is 9.88 Å². The summed E-state index contributed by atoms with van der Waals surface area (Å²) in [5.41, 5.74) is 2.37. The minimum absolute atomic E-state index is 0.767. The van der Waals surface area contributed by atoms with E-state index in [1.54, 1.807) is 0 Å². The molecule has 0 bridgehead atoms. The molecule has 3 nitrogen and oxygen atoms in total. The second-order valence-electron chi connectivity index (χ2n) is 5.42. The first-order valence-electron chi connectivity index (χ1n) is 7.76. The lowest BCUT2D eigenvalue weighted by Gasteiger charge is -2.33. The van der Waals surface area contributed by atoms with Crippen LogP contribution < -0.4 is 5.32 Å². The highest BCUT2D eigenvalue weighted by Crippen LogP contribution is 2.23. The van der Waals surface area contributed by atoms with E-state index in [-0.39, 0.29) is 0 Å². The first-order chi connectivity index (χ1) is 9.33. The van der Waals surface area contributed by atoms with Crippen LogP contribution in [-0.2, 0) is 6.54 Å². The molecule has 106 valence electrons. The number of anilines is 1. The summed E-state index contributed by atoms with van der Waals surface area (Å²) >= 11 is 0. The predicted molar refractivity (Wildman–Crippen MR) is 81.4 cm³/mol. The Labute approximate surface area is 117 Å². The molecule has 0 amide bonds. The van der Waals surface area contributed by atoms with E-state index in [2.05, 4.69) is 35.1 Å². The van der Waals surface area contributed by atoms with Crippen LogP contribution in [0.2, 0.25) is 0 Å². The number of hydrogen-bond acceptors (Lipinski definition) is 3. The van der Waals surface area contributed by atoms with Crippen molar-refractivity contribution >= 4 is 5.69 Å². The molecule has 1 N–H and O–H groups in total. The van der Waals surface area contributed by atoms with E-state index >= 15 is 0 Å². The number of pyridine rings is 1. The van der Waals surface area contributed by atoms with Gasteiger partial charge in [-0.25, -0.2) is 0 Å². The molecule has 19 heavy (non-hydrogen) atoms. The number of nitrogens with one attached hydrogen (secondary N) is 1. The number of rotatable bonds is 6. The van der Waals surface area contributed by atoms with E-state index in [0.717, 1.165) is 25.7 Å².